The third-order valence-corrected chi connectivity index (χ3v) is 3.34. The van der Waals surface area contributed by atoms with Gasteiger partial charge in [-0.05, 0) is 25.5 Å². The second kappa shape index (κ2) is 7.24. The normalized spacial score (nSPS) is 11.6. The van der Waals surface area contributed by atoms with Crippen molar-refractivity contribution in [1.29, 1.82) is 0 Å². The van der Waals surface area contributed by atoms with Crippen LogP contribution in [-0.2, 0) is 10.8 Å². The molecule has 2 heteroatoms. The summed E-state index contributed by atoms with van der Waals surface area (Å²) in [7, 11) is -1.16. The molecule has 0 radical (unpaired) electrons. The summed E-state index contributed by atoms with van der Waals surface area (Å²) in [6.07, 6.45) is 4.36. The zero-order valence-corrected chi connectivity index (χ0v) is 10.8. The second-order valence-corrected chi connectivity index (χ2v) is 5.03. The maximum atomic E-state index is 11.7. The van der Waals surface area contributed by atoms with E-state index in [-0.39, 0.29) is 0 Å². The lowest BCUT2D eigenvalue weighted by atomic mass is 10.2. The Morgan fingerprint density at radius 1 is 1.19 bits per heavy atom. The number of hydrogen-bond acceptors (Lipinski definition) is 1. The Morgan fingerprint density at radius 2 is 1.88 bits per heavy atom. The van der Waals surface area contributed by atoms with Crippen LogP contribution in [0.25, 0.3) is 0 Å². The summed E-state index contributed by atoms with van der Waals surface area (Å²) < 4.78 is 11.7. The SMILES string of the molecule is CCCCCC#C[S@@](=O)c1ccc(C)cc1. The molecule has 1 aromatic rings. The predicted octanol–water partition coefficient (Wildman–Crippen LogP) is 3.64. The highest BCUT2D eigenvalue weighted by atomic mass is 32.2. The van der Waals surface area contributed by atoms with Crippen molar-refractivity contribution in [3.05, 3.63) is 29.8 Å². The molecule has 16 heavy (non-hydrogen) atoms. The zero-order chi connectivity index (χ0) is 11.8. The van der Waals surface area contributed by atoms with Crippen LogP contribution in [0.15, 0.2) is 29.2 Å². The molecule has 1 rings (SSSR count). The summed E-state index contributed by atoms with van der Waals surface area (Å²) in [6, 6.07) is 7.69. The number of unbranched alkanes of at least 4 members (excludes halogenated alkanes) is 3. The largest absolute Gasteiger partial charge is 0.240 e. The smallest absolute Gasteiger partial charge is 0.130 e. The third-order valence-electron chi connectivity index (χ3n) is 2.31. The van der Waals surface area contributed by atoms with Crippen LogP contribution in [0.2, 0.25) is 0 Å². The maximum absolute atomic E-state index is 11.7. The van der Waals surface area contributed by atoms with Crippen LogP contribution in [0.3, 0.4) is 0 Å². The van der Waals surface area contributed by atoms with Gasteiger partial charge in [0, 0.05) is 11.7 Å². The molecular weight excluding hydrogens is 216 g/mol. The lowest BCUT2D eigenvalue weighted by molar-refractivity contribution is 0.689. The van der Waals surface area contributed by atoms with Crippen LogP contribution in [0.4, 0.5) is 0 Å². The molecule has 1 atom stereocenters. The molecule has 0 bridgehead atoms. The average Bonchev–Trinajstić information content (AvgIpc) is 2.29. The number of hydrogen-bond donors (Lipinski definition) is 0. The minimum absolute atomic E-state index is 0.800. The Morgan fingerprint density at radius 3 is 2.50 bits per heavy atom. The number of rotatable bonds is 4. The summed E-state index contributed by atoms with van der Waals surface area (Å²) in [6.45, 7) is 4.18. The molecule has 86 valence electrons. The average molecular weight is 234 g/mol. The van der Waals surface area contributed by atoms with Gasteiger partial charge in [-0.1, -0.05) is 43.4 Å². The first-order chi connectivity index (χ1) is 7.74. The molecule has 0 aromatic heterocycles. The molecule has 0 fully saturated rings. The Hall–Kier alpha value is -1.07. The minimum atomic E-state index is -1.16. The Balaban J connectivity index is 2.48. The van der Waals surface area contributed by atoms with E-state index >= 15 is 0 Å². The summed E-state index contributed by atoms with van der Waals surface area (Å²) in [4.78, 5) is 0.800. The van der Waals surface area contributed by atoms with Crippen molar-refractivity contribution in [1.82, 2.24) is 0 Å². The van der Waals surface area contributed by atoms with E-state index in [4.69, 9.17) is 0 Å². The fourth-order valence-electron chi connectivity index (χ4n) is 1.30. The highest BCUT2D eigenvalue weighted by molar-refractivity contribution is 7.89. The Labute approximate surface area is 101 Å². The van der Waals surface area contributed by atoms with Gasteiger partial charge >= 0.3 is 0 Å². The van der Waals surface area contributed by atoms with Crippen LogP contribution < -0.4 is 0 Å². The lowest BCUT2D eigenvalue weighted by Crippen LogP contribution is -1.86. The van der Waals surface area contributed by atoms with E-state index in [1.165, 1.54) is 18.4 Å². The van der Waals surface area contributed by atoms with Gasteiger partial charge in [0.1, 0.15) is 10.8 Å². The summed E-state index contributed by atoms with van der Waals surface area (Å²) in [5.41, 5.74) is 1.18. The molecule has 1 nitrogen and oxygen atoms in total. The molecule has 0 saturated heterocycles. The summed E-state index contributed by atoms with van der Waals surface area (Å²) in [5, 5.41) is 2.80. The highest BCUT2D eigenvalue weighted by Gasteiger charge is 1.97. The monoisotopic (exact) mass is 234 g/mol. The molecule has 1 aromatic carbocycles. The van der Waals surface area contributed by atoms with Gasteiger partial charge in [-0.15, -0.1) is 0 Å². The maximum Gasteiger partial charge on any atom is 0.130 e. The standard InChI is InChI=1S/C14H18OS/c1-3-4-5-6-7-12-16(15)14-10-8-13(2)9-11-14/h8-11H,3-6H2,1-2H3/t16-/m1/s1. The Kier molecular flexibility index (Phi) is 5.88. The van der Waals surface area contributed by atoms with E-state index in [1.807, 2.05) is 31.2 Å². The highest BCUT2D eigenvalue weighted by Crippen LogP contribution is 2.07. The Bertz CT molecular complexity index is 395. The molecule has 0 amide bonds. The van der Waals surface area contributed by atoms with Crippen molar-refractivity contribution in [2.45, 2.75) is 44.4 Å². The lowest BCUT2D eigenvalue weighted by Gasteiger charge is -1.95. The molecule has 0 heterocycles. The molecule has 0 aliphatic rings. The molecule has 0 saturated carbocycles. The van der Waals surface area contributed by atoms with Crippen LogP contribution in [0, 0.1) is 18.1 Å². The fourth-order valence-corrected chi connectivity index (χ4v) is 2.04. The molecule has 0 unspecified atom stereocenters. The first kappa shape index (κ1) is 13.0. The van der Waals surface area contributed by atoms with Crippen molar-refractivity contribution in [3.63, 3.8) is 0 Å². The van der Waals surface area contributed by atoms with Gasteiger partial charge < -0.3 is 0 Å². The van der Waals surface area contributed by atoms with Crippen molar-refractivity contribution in [3.8, 4) is 11.2 Å². The van der Waals surface area contributed by atoms with Crippen molar-refractivity contribution < 1.29 is 4.21 Å². The summed E-state index contributed by atoms with van der Waals surface area (Å²) >= 11 is 0. The van der Waals surface area contributed by atoms with E-state index in [0.29, 0.717) is 0 Å². The van der Waals surface area contributed by atoms with Crippen LogP contribution >= 0.6 is 0 Å². The molecule has 0 spiro atoms. The predicted molar refractivity (Wildman–Crippen MR) is 69.5 cm³/mol. The second-order valence-electron chi connectivity index (χ2n) is 3.82. The quantitative estimate of drug-likeness (QED) is 0.574. The van der Waals surface area contributed by atoms with Crippen LogP contribution in [-0.4, -0.2) is 4.21 Å². The van der Waals surface area contributed by atoms with Crippen LogP contribution in [0.5, 0.6) is 0 Å². The van der Waals surface area contributed by atoms with Crippen molar-refractivity contribution in [2.75, 3.05) is 0 Å². The van der Waals surface area contributed by atoms with Gasteiger partial charge in [-0.3, -0.25) is 0 Å². The minimum Gasteiger partial charge on any atom is -0.240 e. The van der Waals surface area contributed by atoms with E-state index in [1.54, 1.807) is 0 Å². The van der Waals surface area contributed by atoms with Gasteiger partial charge in [0.15, 0.2) is 0 Å². The van der Waals surface area contributed by atoms with E-state index < -0.39 is 10.8 Å². The van der Waals surface area contributed by atoms with E-state index in [2.05, 4.69) is 18.1 Å². The number of aryl methyl sites for hydroxylation is 1. The van der Waals surface area contributed by atoms with Gasteiger partial charge in [-0.2, -0.15) is 0 Å². The first-order valence-electron chi connectivity index (χ1n) is 5.71. The molecule has 0 N–H and O–H groups in total. The van der Waals surface area contributed by atoms with Gasteiger partial charge in [0.25, 0.3) is 0 Å². The molecular formula is C14H18OS. The zero-order valence-electron chi connectivity index (χ0n) is 9.95. The van der Waals surface area contributed by atoms with Gasteiger partial charge in [-0.25, -0.2) is 4.21 Å². The van der Waals surface area contributed by atoms with E-state index in [0.717, 1.165) is 17.7 Å². The van der Waals surface area contributed by atoms with Gasteiger partial charge in [0.05, 0.1) is 4.90 Å². The van der Waals surface area contributed by atoms with Crippen molar-refractivity contribution in [2.24, 2.45) is 0 Å². The first-order valence-corrected chi connectivity index (χ1v) is 6.86. The summed E-state index contributed by atoms with van der Waals surface area (Å²) in [5.74, 6) is 2.98. The number of benzene rings is 1. The molecule has 0 aliphatic heterocycles. The van der Waals surface area contributed by atoms with Crippen LogP contribution in [0.1, 0.15) is 38.2 Å². The van der Waals surface area contributed by atoms with Gasteiger partial charge in [0.2, 0.25) is 0 Å². The fraction of sp³-hybridized carbons (Fsp3) is 0.429. The van der Waals surface area contributed by atoms with Crippen molar-refractivity contribution >= 4 is 10.8 Å². The third kappa shape index (κ3) is 4.63. The van der Waals surface area contributed by atoms with E-state index in [9.17, 15) is 4.21 Å². The molecule has 0 aliphatic carbocycles. The topological polar surface area (TPSA) is 17.1 Å².